The number of amides is 2. The maximum absolute atomic E-state index is 13.3. The van der Waals surface area contributed by atoms with Gasteiger partial charge in [-0.15, -0.1) is 0 Å². The van der Waals surface area contributed by atoms with Gasteiger partial charge in [0, 0.05) is 12.1 Å². The lowest BCUT2D eigenvalue weighted by Crippen LogP contribution is -2.60. The number of carbonyl (C=O) groups is 2. The van der Waals surface area contributed by atoms with E-state index in [-0.39, 0.29) is 0 Å². The van der Waals surface area contributed by atoms with Crippen molar-refractivity contribution in [2.45, 2.75) is 49.6 Å². The fourth-order valence-electron chi connectivity index (χ4n) is 1.29. The lowest BCUT2D eigenvalue weighted by atomic mass is 10.1. The Kier molecular flexibility index (Phi) is 2.98. The maximum Gasteiger partial charge on any atom is 0.395 e. The van der Waals surface area contributed by atoms with Crippen LogP contribution in [-0.4, -0.2) is 35.7 Å². The molecule has 2 aliphatic carbocycles. The Morgan fingerprint density at radius 1 is 0.778 bits per heavy atom. The summed E-state index contributed by atoms with van der Waals surface area (Å²) in [5.74, 6) is -14.3. The number of hydrogen-bond acceptors (Lipinski definition) is 2. The summed E-state index contributed by atoms with van der Waals surface area (Å²) in [7, 11) is 0. The smallest absolute Gasteiger partial charge is 0.348 e. The van der Waals surface area contributed by atoms with Crippen LogP contribution in [0, 0.1) is 0 Å². The number of carbonyl (C=O) groups excluding carboxylic acids is 2. The second-order valence-electron chi connectivity index (χ2n) is 4.64. The Hall–Kier alpha value is -1.34. The van der Waals surface area contributed by atoms with Crippen LogP contribution in [0.2, 0.25) is 0 Å². The van der Waals surface area contributed by atoms with Crippen LogP contribution in [0.3, 0.4) is 0 Å². The second kappa shape index (κ2) is 4.10. The van der Waals surface area contributed by atoms with E-state index in [0.717, 1.165) is 0 Å². The molecule has 0 saturated heterocycles. The van der Waals surface area contributed by atoms with Crippen molar-refractivity contribution in [3.63, 3.8) is 0 Å². The molecule has 0 aromatic rings. The first kappa shape index (κ1) is 13.1. The summed E-state index contributed by atoms with van der Waals surface area (Å²) in [6.45, 7) is 0. The normalized spacial score (nSPS) is 20.4. The maximum atomic E-state index is 13.3. The van der Waals surface area contributed by atoms with Crippen molar-refractivity contribution in [2.75, 3.05) is 0 Å². The van der Waals surface area contributed by atoms with Gasteiger partial charge < -0.3 is 10.6 Å². The fraction of sp³-hybridized carbons (Fsp3) is 0.800. The molecule has 2 N–H and O–H groups in total. The molecule has 0 radical (unpaired) electrons. The minimum atomic E-state index is -5.03. The van der Waals surface area contributed by atoms with E-state index in [9.17, 15) is 27.2 Å². The van der Waals surface area contributed by atoms with Crippen LogP contribution in [0.5, 0.6) is 0 Å². The van der Waals surface area contributed by atoms with Gasteiger partial charge in [0.25, 0.3) is 11.8 Å². The van der Waals surface area contributed by atoms with Crippen molar-refractivity contribution in [3.8, 4) is 0 Å². The predicted molar refractivity (Wildman–Crippen MR) is 52.2 cm³/mol. The third-order valence-corrected chi connectivity index (χ3v) is 2.79. The number of rotatable bonds is 5. The van der Waals surface area contributed by atoms with Gasteiger partial charge in [-0.3, -0.25) is 9.59 Å². The third-order valence-electron chi connectivity index (χ3n) is 2.79. The molecule has 102 valence electrons. The molecular formula is C10H12F4N2O2. The molecule has 0 aromatic heterocycles. The Morgan fingerprint density at radius 2 is 1.06 bits per heavy atom. The third kappa shape index (κ3) is 2.41. The standard InChI is InChI=1S/C10H12F4N2O2/c11-9(12,7(17)15-5-1-2-5)10(13,14)8(18)16-6-3-4-6/h5-6H,1-4H2,(H,15,17)(H,16,18). The highest BCUT2D eigenvalue weighted by molar-refractivity contribution is 5.95. The summed E-state index contributed by atoms with van der Waals surface area (Å²) in [5.41, 5.74) is 0. The first-order valence-electron chi connectivity index (χ1n) is 5.62. The highest BCUT2D eigenvalue weighted by Gasteiger charge is 2.67. The molecule has 2 fully saturated rings. The largest absolute Gasteiger partial charge is 0.395 e. The zero-order valence-electron chi connectivity index (χ0n) is 9.31. The lowest BCUT2D eigenvalue weighted by molar-refractivity contribution is -0.211. The lowest BCUT2D eigenvalue weighted by Gasteiger charge is -2.24. The van der Waals surface area contributed by atoms with Gasteiger partial charge in [-0.1, -0.05) is 0 Å². The first-order valence-corrected chi connectivity index (χ1v) is 5.62. The van der Waals surface area contributed by atoms with E-state index >= 15 is 0 Å². The molecule has 0 aliphatic heterocycles. The van der Waals surface area contributed by atoms with Crippen LogP contribution in [0.25, 0.3) is 0 Å². The highest BCUT2D eigenvalue weighted by atomic mass is 19.3. The summed E-state index contributed by atoms with van der Waals surface area (Å²) in [6.07, 6.45) is 1.95. The van der Waals surface area contributed by atoms with E-state index < -0.39 is 35.7 Å². The molecule has 8 heteroatoms. The molecule has 0 bridgehead atoms. The number of nitrogens with one attached hydrogen (secondary N) is 2. The Labute approximate surface area is 100 Å². The molecule has 0 unspecified atom stereocenters. The van der Waals surface area contributed by atoms with E-state index in [0.29, 0.717) is 25.7 Å². The summed E-state index contributed by atoms with van der Waals surface area (Å²) in [4.78, 5) is 22.1. The van der Waals surface area contributed by atoms with Crippen LogP contribution in [0.4, 0.5) is 17.6 Å². The molecule has 0 spiro atoms. The quantitative estimate of drug-likeness (QED) is 0.725. The number of alkyl halides is 4. The average Bonchev–Trinajstić information content (AvgIpc) is 3.11. The van der Waals surface area contributed by atoms with Crippen LogP contribution < -0.4 is 10.6 Å². The minimum Gasteiger partial charge on any atom is -0.348 e. The Morgan fingerprint density at radius 3 is 1.28 bits per heavy atom. The van der Waals surface area contributed by atoms with Crippen molar-refractivity contribution in [1.82, 2.24) is 10.6 Å². The molecule has 0 atom stereocenters. The van der Waals surface area contributed by atoms with E-state index in [2.05, 4.69) is 0 Å². The Bertz CT molecular complexity index is 342. The molecule has 18 heavy (non-hydrogen) atoms. The van der Waals surface area contributed by atoms with Gasteiger partial charge in [0.05, 0.1) is 0 Å². The van der Waals surface area contributed by atoms with Crippen LogP contribution in [-0.2, 0) is 9.59 Å². The van der Waals surface area contributed by atoms with Crippen LogP contribution in [0.1, 0.15) is 25.7 Å². The zero-order chi connectivity index (χ0) is 13.6. The second-order valence-corrected chi connectivity index (χ2v) is 4.64. The van der Waals surface area contributed by atoms with Gasteiger partial charge in [-0.05, 0) is 25.7 Å². The molecule has 2 saturated carbocycles. The highest BCUT2D eigenvalue weighted by Crippen LogP contribution is 2.36. The molecule has 4 nitrogen and oxygen atoms in total. The van der Waals surface area contributed by atoms with E-state index in [1.54, 1.807) is 10.6 Å². The number of hydrogen-bond donors (Lipinski definition) is 2. The molecule has 2 amide bonds. The van der Waals surface area contributed by atoms with Gasteiger partial charge in [-0.25, -0.2) is 0 Å². The molecule has 0 heterocycles. The zero-order valence-corrected chi connectivity index (χ0v) is 9.31. The molecular weight excluding hydrogens is 256 g/mol. The summed E-state index contributed by atoms with van der Waals surface area (Å²) < 4.78 is 53.1. The number of halogens is 4. The van der Waals surface area contributed by atoms with Crippen molar-refractivity contribution in [2.24, 2.45) is 0 Å². The van der Waals surface area contributed by atoms with Gasteiger partial charge >= 0.3 is 11.8 Å². The van der Waals surface area contributed by atoms with Crippen molar-refractivity contribution in [3.05, 3.63) is 0 Å². The van der Waals surface area contributed by atoms with E-state index in [1.807, 2.05) is 0 Å². The van der Waals surface area contributed by atoms with Gasteiger partial charge in [0.15, 0.2) is 0 Å². The SMILES string of the molecule is O=C(NC1CC1)C(F)(F)C(F)(F)C(=O)NC1CC1. The van der Waals surface area contributed by atoms with Crippen molar-refractivity contribution < 1.29 is 27.2 Å². The van der Waals surface area contributed by atoms with Crippen LogP contribution >= 0.6 is 0 Å². The van der Waals surface area contributed by atoms with Gasteiger partial charge in [0.2, 0.25) is 0 Å². The summed E-state index contributed by atoms with van der Waals surface area (Å²) >= 11 is 0. The summed E-state index contributed by atoms with van der Waals surface area (Å²) in [6, 6.07) is -0.962. The fourth-order valence-corrected chi connectivity index (χ4v) is 1.29. The van der Waals surface area contributed by atoms with Crippen molar-refractivity contribution in [1.29, 1.82) is 0 Å². The van der Waals surface area contributed by atoms with E-state index in [1.165, 1.54) is 0 Å². The Balaban J connectivity index is 2.03. The van der Waals surface area contributed by atoms with Gasteiger partial charge in [0.1, 0.15) is 0 Å². The average molecular weight is 268 g/mol. The monoisotopic (exact) mass is 268 g/mol. The minimum absolute atomic E-state index is 0.481. The molecule has 2 rings (SSSR count). The van der Waals surface area contributed by atoms with Crippen molar-refractivity contribution >= 4 is 11.8 Å². The molecule has 2 aliphatic rings. The van der Waals surface area contributed by atoms with Gasteiger partial charge in [-0.2, -0.15) is 17.6 Å². The van der Waals surface area contributed by atoms with Crippen LogP contribution in [0.15, 0.2) is 0 Å². The predicted octanol–water partition coefficient (Wildman–Crippen LogP) is 0.814. The first-order chi connectivity index (χ1) is 8.25. The van der Waals surface area contributed by atoms with E-state index in [4.69, 9.17) is 0 Å². The molecule has 0 aromatic carbocycles. The topological polar surface area (TPSA) is 58.2 Å². The summed E-state index contributed by atoms with van der Waals surface area (Å²) in [5, 5.41) is 3.55.